The van der Waals surface area contributed by atoms with Crippen molar-refractivity contribution in [3.63, 3.8) is 0 Å². The molecule has 0 radical (unpaired) electrons. The van der Waals surface area contributed by atoms with E-state index in [1.807, 2.05) is 18.2 Å². The summed E-state index contributed by atoms with van der Waals surface area (Å²) in [6.45, 7) is 5.30. The van der Waals surface area contributed by atoms with Crippen LogP contribution in [0, 0.1) is 0 Å². The second-order valence-corrected chi connectivity index (χ2v) is 4.39. The minimum atomic E-state index is -0.148. The highest BCUT2D eigenvalue weighted by molar-refractivity contribution is 5.94. The first-order valence-corrected chi connectivity index (χ1v) is 6.24. The molecule has 0 bridgehead atoms. The molecule has 1 aliphatic heterocycles. The Kier molecular flexibility index (Phi) is 4.18. The Bertz CT molecular complexity index is 485. The van der Waals surface area contributed by atoms with Gasteiger partial charge in [-0.3, -0.25) is 4.79 Å². The molecule has 5 nitrogen and oxygen atoms in total. The van der Waals surface area contributed by atoms with E-state index in [-0.39, 0.29) is 11.9 Å². The molecule has 2 N–H and O–H groups in total. The van der Waals surface area contributed by atoms with E-state index in [0.717, 1.165) is 12.1 Å². The molecule has 19 heavy (non-hydrogen) atoms. The molecule has 100 valence electrons. The van der Waals surface area contributed by atoms with Gasteiger partial charge in [-0.1, -0.05) is 24.8 Å². The largest absolute Gasteiger partial charge is 0.350 e. The molecule has 1 saturated heterocycles. The lowest BCUT2D eigenvalue weighted by atomic mass is 10.2. The molecule has 2 rings (SSSR count). The molecule has 0 spiro atoms. The number of benzene rings is 1. The van der Waals surface area contributed by atoms with Gasteiger partial charge in [0.15, 0.2) is 0 Å². The molecule has 0 aromatic heterocycles. The monoisotopic (exact) mass is 259 g/mol. The van der Waals surface area contributed by atoms with Crippen LogP contribution in [0.1, 0.15) is 16.8 Å². The third-order valence-electron chi connectivity index (χ3n) is 2.96. The summed E-state index contributed by atoms with van der Waals surface area (Å²) in [6.07, 6.45) is 0.748. The molecular formula is C14H17N3O2. The number of carbonyl (C=O) groups is 2. The SMILES string of the molecule is C=C1CCN(CCNC(=O)c2ccccc2)C(=O)N1. The van der Waals surface area contributed by atoms with Crippen LogP contribution >= 0.6 is 0 Å². The van der Waals surface area contributed by atoms with Gasteiger partial charge in [-0.15, -0.1) is 0 Å². The fourth-order valence-electron chi connectivity index (χ4n) is 1.87. The van der Waals surface area contributed by atoms with Gasteiger partial charge in [-0.25, -0.2) is 4.79 Å². The summed E-state index contributed by atoms with van der Waals surface area (Å²) < 4.78 is 0. The van der Waals surface area contributed by atoms with Crippen LogP contribution in [0.5, 0.6) is 0 Å². The molecular weight excluding hydrogens is 242 g/mol. The van der Waals surface area contributed by atoms with E-state index in [1.165, 1.54) is 0 Å². The van der Waals surface area contributed by atoms with Crippen molar-refractivity contribution in [2.45, 2.75) is 6.42 Å². The van der Waals surface area contributed by atoms with Gasteiger partial charge in [0.1, 0.15) is 0 Å². The first-order chi connectivity index (χ1) is 9.16. The third-order valence-corrected chi connectivity index (χ3v) is 2.96. The van der Waals surface area contributed by atoms with Crippen LogP contribution in [0.15, 0.2) is 42.6 Å². The van der Waals surface area contributed by atoms with Crippen molar-refractivity contribution in [1.82, 2.24) is 15.5 Å². The van der Waals surface area contributed by atoms with E-state index in [4.69, 9.17) is 0 Å². The highest BCUT2D eigenvalue weighted by atomic mass is 16.2. The second kappa shape index (κ2) is 6.04. The molecule has 0 saturated carbocycles. The molecule has 5 heteroatoms. The number of hydrogen-bond donors (Lipinski definition) is 2. The summed E-state index contributed by atoms with van der Waals surface area (Å²) in [6, 6.07) is 8.86. The van der Waals surface area contributed by atoms with Gasteiger partial charge < -0.3 is 15.5 Å². The molecule has 0 unspecified atom stereocenters. The van der Waals surface area contributed by atoms with E-state index in [2.05, 4.69) is 17.2 Å². The molecule has 1 aromatic rings. The zero-order chi connectivity index (χ0) is 13.7. The van der Waals surface area contributed by atoms with Gasteiger partial charge in [0, 0.05) is 37.3 Å². The molecule has 0 aliphatic carbocycles. The first kappa shape index (κ1) is 13.1. The Hall–Kier alpha value is -2.30. The fourth-order valence-corrected chi connectivity index (χ4v) is 1.87. The predicted molar refractivity (Wildman–Crippen MR) is 72.6 cm³/mol. The lowest BCUT2D eigenvalue weighted by molar-refractivity contribution is 0.0948. The number of hydrogen-bond acceptors (Lipinski definition) is 2. The summed E-state index contributed by atoms with van der Waals surface area (Å²) in [4.78, 5) is 25.0. The minimum absolute atomic E-state index is 0.123. The minimum Gasteiger partial charge on any atom is -0.350 e. The molecule has 1 aliphatic rings. The number of rotatable bonds is 4. The van der Waals surface area contributed by atoms with Crippen molar-refractivity contribution in [1.29, 1.82) is 0 Å². The lowest BCUT2D eigenvalue weighted by Gasteiger charge is -2.28. The van der Waals surface area contributed by atoms with Crippen LogP contribution < -0.4 is 10.6 Å². The third kappa shape index (κ3) is 3.58. The Morgan fingerprint density at radius 1 is 1.37 bits per heavy atom. The fraction of sp³-hybridized carbons (Fsp3) is 0.286. The average Bonchev–Trinajstić information content (AvgIpc) is 2.42. The summed E-state index contributed by atoms with van der Waals surface area (Å²) in [5.74, 6) is -0.123. The van der Waals surface area contributed by atoms with Crippen molar-refractivity contribution < 1.29 is 9.59 Å². The summed E-state index contributed by atoms with van der Waals surface area (Å²) in [7, 11) is 0. The molecule has 1 aromatic carbocycles. The van der Waals surface area contributed by atoms with Gasteiger partial charge in [-0.2, -0.15) is 0 Å². The highest BCUT2D eigenvalue weighted by Crippen LogP contribution is 2.05. The van der Waals surface area contributed by atoms with Crippen LogP contribution in [0.3, 0.4) is 0 Å². The first-order valence-electron chi connectivity index (χ1n) is 6.24. The molecule has 1 fully saturated rings. The number of amides is 3. The smallest absolute Gasteiger partial charge is 0.321 e. The van der Waals surface area contributed by atoms with Crippen molar-refractivity contribution in [2.24, 2.45) is 0 Å². The molecule has 0 atom stereocenters. The van der Waals surface area contributed by atoms with Gasteiger partial charge in [0.2, 0.25) is 0 Å². The normalized spacial score (nSPS) is 15.1. The van der Waals surface area contributed by atoms with Gasteiger partial charge >= 0.3 is 6.03 Å². The average molecular weight is 259 g/mol. The van der Waals surface area contributed by atoms with Gasteiger partial charge in [0.05, 0.1) is 0 Å². The van der Waals surface area contributed by atoms with Crippen LogP contribution in [-0.4, -0.2) is 36.5 Å². The topological polar surface area (TPSA) is 61.4 Å². The highest BCUT2D eigenvalue weighted by Gasteiger charge is 2.19. The van der Waals surface area contributed by atoms with Crippen LogP contribution in [0.25, 0.3) is 0 Å². The van der Waals surface area contributed by atoms with Gasteiger partial charge in [-0.05, 0) is 12.1 Å². The quantitative estimate of drug-likeness (QED) is 0.857. The molecule has 3 amide bonds. The lowest BCUT2D eigenvalue weighted by Crippen LogP contribution is -2.47. The number of carbonyl (C=O) groups excluding carboxylic acids is 2. The Balaban J connectivity index is 1.76. The van der Waals surface area contributed by atoms with E-state index in [9.17, 15) is 9.59 Å². The Morgan fingerprint density at radius 2 is 2.11 bits per heavy atom. The Labute approximate surface area is 112 Å². The second-order valence-electron chi connectivity index (χ2n) is 4.39. The maximum Gasteiger partial charge on any atom is 0.321 e. The van der Waals surface area contributed by atoms with Crippen LogP contribution in [0.4, 0.5) is 4.79 Å². The van der Waals surface area contributed by atoms with E-state index >= 15 is 0 Å². The van der Waals surface area contributed by atoms with Crippen molar-refractivity contribution in [3.8, 4) is 0 Å². The molecule has 1 heterocycles. The Morgan fingerprint density at radius 3 is 2.79 bits per heavy atom. The maximum atomic E-state index is 11.8. The van der Waals surface area contributed by atoms with Crippen molar-refractivity contribution in [2.75, 3.05) is 19.6 Å². The van der Waals surface area contributed by atoms with E-state index < -0.39 is 0 Å². The number of nitrogens with one attached hydrogen (secondary N) is 2. The van der Waals surface area contributed by atoms with E-state index in [0.29, 0.717) is 25.2 Å². The van der Waals surface area contributed by atoms with Gasteiger partial charge in [0.25, 0.3) is 5.91 Å². The predicted octanol–water partition coefficient (Wildman–Crippen LogP) is 1.35. The van der Waals surface area contributed by atoms with Crippen LogP contribution in [-0.2, 0) is 0 Å². The van der Waals surface area contributed by atoms with Crippen molar-refractivity contribution >= 4 is 11.9 Å². The summed E-state index contributed by atoms with van der Waals surface area (Å²) in [5.41, 5.74) is 1.37. The van der Waals surface area contributed by atoms with Crippen LogP contribution in [0.2, 0.25) is 0 Å². The summed E-state index contributed by atoms with van der Waals surface area (Å²) >= 11 is 0. The van der Waals surface area contributed by atoms with E-state index in [1.54, 1.807) is 17.0 Å². The zero-order valence-corrected chi connectivity index (χ0v) is 10.7. The van der Waals surface area contributed by atoms with Crippen molar-refractivity contribution in [3.05, 3.63) is 48.2 Å². The number of urea groups is 1. The zero-order valence-electron chi connectivity index (χ0n) is 10.7. The summed E-state index contributed by atoms with van der Waals surface area (Å²) in [5, 5.41) is 5.47. The maximum absolute atomic E-state index is 11.8. The number of nitrogens with zero attached hydrogens (tertiary/aromatic N) is 1. The standard InChI is InChI=1S/C14H17N3O2/c1-11-7-9-17(14(19)16-11)10-8-15-13(18)12-5-3-2-4-6-12/h2-6H,1,7-10H2,(H,15,18)(H,16,19).